The molecule has 2 fully saturated rings. The topological polar surface area (TPSA) is 95.7 Å². The second-order valence-corrected chi connectivity index (χ2v) is 8.08. The number of hydrogen-bond acceptors (Lipinski definition) is 4. The molecule has 4 atom stereocenters. The molecular formula is C20H27ClN4O3. The first kappa shape index (κ1) is 20.6. The number of halogens is 1. The fraction of sp³-hybridized carbons (Fsp3) is 0.550. The van der Waals surface area contributed by atoms with Crippen molar-refractivity contribution in [2.24, 2.45) is 5.73 Å². The molecule has 0 saturated carbocycles. The molecule has 0 aromatic heterocycles. The zero-order valence-electron chi connectivity index (χ0n) is 16.2. The zero-order valence-corrected chi connectivity index (χ0v) is 17.0. The van der Waals surface area contributed by atoms with Crippen molar-refractivity contribution in [1.29, 1.82) is 0 Å². The van der Waals surface area contributed by atoms with Crippen molar-refractivity contribution >= 4 is 29.3 Å². The Hall–Kier alpha value is -2.12. The van der Waals surface area contributed by atoms with Gasteiger partial charge in [-0.3, -0.25) is 14.4 Å². The van der Waals surface area contributed by atoms with Crippen LogP contribution < -0.4 is 11.1 Å². The van der Waals surface area contributed by atoms with Crippen molar-refractivity contribution in [3.8, 4) is 0 Å². The number of nitrogens with one attached hydrogen (secondary N) is 1. The third-order valence-corrected chi connectivity index (χ3v) is 5.89. The molecule has 1 aromatic carbocycles. The van der Waals surface area contributed by atoms with Gasteiger partial charge >= 0.3 is 0 Å². The van der Waals surface area contributed by atoms with Gasteiger partial charge < -0.3 is 20.9 Å². The van der Waals surface area contributed by atoms with E-state index in [1.54, 1.807) is 28.9 Å². The van der Waals surface area contributed by atoms with Gasteiger partial charge in [0.05, 0.1) is 6.04 Å². The number of nitrogens with two attached hydrogens (primary N) is 1. The molecule has 3 rings (SSSR count). The average Bonchev–Trinajstić information content (AvgIpc) is 3.25. The molecule has 0 aliphatic carbocycles. The van der Waals surface area contributed by atoms with Gasteiger partial charge in [-0.05, 0) is 50.8 Å². The van der Waals surface area contributed by atoms with Crippen molar-refractivity contribution in [1.82, 2.24) is 15.1 Å². The summed E-state index contributed by atoms with van der Waals surface area (Å²) in [6, 6.07) is 5.48. The standard InChI is InChI=1S/C20H27ClN4O3/c1-12-10-16(22)20(28)25(12)13(2)19(27)24-9-3-4-17(24)18(26)23-11-14-5-7-15(21)8-6-14/h5-8,12-13,16-17H,3-4,9-11,22H2,1-2H3,(H,23,26)/t12?,13-,16-,17-/m0/s1. The Labute approximate surface area is 170 Å². The van der Waals surface area contributed by atoms with Gasteiger partial charge in [0, 0.05) is 24.2 Å². The van der Waals surface area contributed by atoms with Crippen LogP contribution in [-0.2, 0) is 20.9 Å². The molecular weight excluding hydrogens is 380 g/mol. The highest BCUT2D eigenvalue weighted by molar-refractivity contribution is 6.30. The second-order valence-electron chi connectivity index (χ2n) is 7.65. The maximum absolute atomic E-state index is 13.1. The normalized spacial score (nSPS) is 25.9. The first-order chi connectivity index (χ1) is 13.3. The molecule has 1 unspecified atom stereocenters. The summed E-state index contributed by atoms with van der Waals surface area (Å²) in [5.74, 6) is -0.569. The van der Waals surface area contributed by atoms with Crippen molar-refractivity contribution in [2.45, 2.75) is 63.8 Å². The summed E-state index contributed by atoms with van der Waals surface area (Å²) in [4.78, 5) is 41.2. The second kappa shape index (κ2) is 8.49. The largest absolute Gasteiger partial charge is 0.350 e. The minimum atomic E-state index is -0.624. The van der Waals surface area contributed by atoms with E-state index in [0.29, 0.717) is 31.0 Å². The highest BCUT2D eigenvalue weighted by Crippen LogP contribution is 2.25. The van der Waals surface area contributed by atoms with Gasteiger partial charge in [-0.1, -0.05) is 23.7 Å². The van der Waals surface area contributed by atoms with E-state index in [4.69, 9.17) is 17.3 Å². The summed E-state index contributed by atoms with van der Waals surface area (Å²) in [6.45, 7) is 4.51. The number of benzene rings is 1. The van der Waals surface area contributed by atoms with Crippen LogP contribution in [0.3, 0.4) is 0 Å². The highest BCUT2D eigenvalue weighted by atomic mass is 35.5. The molecule has 152 valence electrons. The fourth-order valence-electron chi connectivity index (χ4n) is 4.13. The SMILES string of the molecule is CC1C[C@H](N)C(=O)N1[C@@H](C)C(=O)N1CCC[C@H]1C(=O)NCc1ccc(Cl)cc1. The van der Waals surface area contributed by atoms with Gasteiger partial charge in [-0.15, -0.1) is 0 Å². The number of amides is 3. The Bertz CT molecular complexity index is 754. The van der Waals surface area contributed by atoms with Crippen LogP contribution in [0.5, 0.6) is 0 Å². The zero-order chi connectivity index (χ0) is 20.4. The van der Waals surface area contributed by atoms with E-state index >= 15 is 0 Å². The van der Waals surface area contributed by atoms with Gasteiger partial charge in [0.2, 0.25) is 17.7 Å². The van der Waals surface area contributed by atoms with E-state index in [9.17, 15) is 14.4 Å². The van der Waals surface area contributed by atoms with Crippen LogP contribution in [-0.4, -0.2) is 58.2 Å². The molecule has 8 heteroatoms. The Kier molecular flexibility index (Phi) is 6.25. The van der Waals surface area contributed by atoms with Crippen molar-refractivity contribution < 1.29 is 14.4 Å². The van der Waals surface area contributed by atoms with Crippen molar-refractivity contribution in [3.63, 3.8) is 0 Å². The Morgan fingerprint density at radius 3 is 2.61 bits per heavy atom. The molecule has 2 aliphatic rings. The molecule has 2 heterocycles. The summed E-state index contributed by atoms with van der Waals surface area (Å²) in [5.41, 5.74) is 6.78. The molecule has 0 spiro atoms. The van der Waals surface area contributed by atoms with Crippen LogP contribution in [0.2, 0.25) is 5.02 Å². The number of rotatable bonds is 5. The van der Waals surface area contributed by atoms with E-state index in [1.165, 1.54) is 0 Å². The molecule has 0 radical (unpaired) electrons. The van der Waals surface area contributed by atoms with Crippen LogP contribution in [0.15, 0.2) is 24.3 Å². The Morgan fingerprint density at radius 2 is 2.00 bits per heavy atom. The molecule has 3 amide bonds. The predicted molar refractivity (Wildman–Crippen MR) is 106 cm³/mol. The third-order valence-electron chi connectivity index (χ3n) is 5.63. The van der Waals surface area contributed by atoms with Crippen LogP contribution in [0.4, 0.5) is 0 Å². The fourth-order valence-corrected chi connectivity index (χ4v) is 4.26. The van der Waals surface area contributed by atoms with E-state index in [1.807, 2.05) is 19.1 Å². The number of hydrogen-bond donors (Lipinski definition) is 2. The maximum atomic E-state index is 13.1. The van der Waals surface area contributed by atoms with Gasteiger partial charge in [0.25, 0.3) is 0 Å². The average molecular weight is 407 g/mol. The molecule has 2 saturated heterocycles. The summed E-state index contributed by atoms with van der Waals surface area (Å²) >= 11 is 5.88. The number of carbonyl (C=O) groups excluding carboxylic acids is 3. The summed E-state index contributed by atoms with van der Waals surface area (Å²) in [6.07, 6.45) is 1.93. The quantitative estimate of drug-likeness (QED) is 0.770. The van der Waals surface area contributed by atoms with Crippen LogP contribution in [0.25, 0.3) is 0 Å². The first-order valence-electron chi connectivity index (χ1n) is 9.70. The minimum absolute atomic E-state index is 0.0822. The van der Waals surface area contributed by atoms with E-state index < -0.39 is 18.1 Å². The maximum Gasteiger partial charge on any atom is 0.245 e. The van der Waals surface area contributed by atoms with Crippen LogP contribution in [0, 0.1) is 0 Å². The molecule has 0 bridgehead atoms. The summed E-state index contributed by atoms with van der Waals surface area (Å²) in [7, 11) is 0. The molecule has 3 N–H and O–H groups in total. The van der Waals surface area contributed by atoms with E-state index in [0.717, 1.165) is 12.0 Å². The number of nitrogens with zero attached hydrogens (tertiary/aromatic N) is 2. The summed E-state index contributed by atoms with van der Waals surface area (Å²) in [5, 5.41) is 3.54. The van der Waals surface area contributed by atoms with Crippen LogP contribution >= 0.6 is 11.6 Å². The monoisotopic (exact) mass is 406 g/mol. The lowest BCUT2D eigenvalue weighted by atomic mass is 10.1. The van der Waals surface area contributed by atoms with Gasteiger partial charge in [-0.25, -0.2) is 0 Å². The van der Waals surface area contributed by atoms with E-state index in [-0.39, 0.29) is 23.8 Å². The number of carbonyl (C=O) groups is 3. The summed E-state index contributed by atoms with van der Waals surface area (Å²) < 4.78 is 0. The van der Waals surface area contributed by atoms with Gasteiger partial charge in [0.15, 0.2) is 0 Å². The predicted octanol–water partition coefficient (Wildman–Crippen LogP) is 1.28. The molecule has 7 nitrogen and oxygen atoms in total. The van der Waals surface area contributed by atoms with Crippen molar-refractivity contribution in [2.75, 3.05) is 6.54 Å². The Balaban J connectivity index is 1.63. The Morgan fingerprint density at radius 1 is 1.32 bits per heavy atom. The molecule has 2 aliphatic heterocycles. The lowest BCUT2D eigenvalue weighted by Crippen LogP contribution is -2.54. The minimum Gasteiger partial charge on any atom is -0.350 e. The van der Waals surface area contributed by atoms with Crippen molar-refractivity contribution in [3.05, 3.63) is 34.9 Å². The smallest absolute Gasteiger partial charge is 0.245 e. The third kappa shape index (κ3) is 4.15. The van der Waals surface area contributed by atoms with E-state index in [2.05, 4.69) is 5.32 Å². The molecule has 28 heavy (non-hydrogen) atoms. The lowest BCUT2D eigenvalue weighted by molar-refractivity contribution is -0.147. The highest BCUT2D eigenvalue weighted by Gasteiger charge is 2.43. The molecule has 1 aromatic rings. The number of likely N-dealkylation sites (tertiary alicyclic amines) is 2. The van der Waals surface area contributed by atoms with Crippen LogP contribution in [0.1, 0.15) is 38.7 Å². The van der Waals surface area contributed by atoms with Gasteiger partial charge in [0.1, 0.15) is 12.1 Å². The first-order valence-corrected chi connectivity index (χ1v) is 10.1. The lowest BCUT2D eigenvalue weighted by Gasteiger charge is -2.33. The van der Waals surface area contributed by atoms with Gasteiger partial charge in [-0.2, -0.15) is 0 Å².